The molecular weight excluding hydrogens is 248 g/mol. The number of aryl methyl sites for hydroxylation is 1. The molecule has 0 aliphatic carbocycles. The summed E-state index contributed by atoms with van der Waals surface area (Å²) in [5.74, 6) is 0.547. The Morgan fingerprint density at radius 1 is 1.25 bits per heavy atom. The van der Waals surface area contributed by atoms with E-state index in [0.717, 1.165) is 19.5 Å². The van der Waals surface area contributed by atoms with Gasteiger partial charge in [-0.1, -0.05) is 24.3 Å². The summed E-state index contributed by atoms with van der Waals surface area (Å²) in [6.45, 7) is 3.77. The molecule has 0 radical (unpaired) electrons. The molecule has 1 aliphatic rings. The van der Waals surface area contributed by atoms with Gasteiger partial charge < -0.3 is 4.90 Å². The summed E-state index contributed by atoms with van der Waals surface area (Å²) in [5.41, 5.74) is 3.36. The van der Waals surface area contributed by atoms with Crippen molar-refractivity contribution in [2.24, 2.45) is 0 Å². The zero-order valence-corrected chi connectivity index (χ0v) is 11.6. The number of hydrogen-bond acceptors (Lipinski definition) is 2. The number of carbonyl (C=O) groups excluding carboxylic acids is 1. The van der Waals surface area contributed by atoms with Crippen molar-refractivity contribution in [2.45, 2.75) is 19.3 Å². The topological polar surface area (TPSA) is 33.2 Å². The van der Waals surface area contributed by atoms with Gasteiger partial charge in [0.15, 0.2) is 0 Å². The Balaban J connectivity index is 1.74. The molecule has 2 heterocycles. The maximum atomic E-state index is 12.4. The molecule has 1 aromatic heterocycles. The Bertz CT molecular complexity index is 609. The van der Waals surface area contributed by atoms with E-state index in [4.69, 9.17) is 0 Å². The summed E-state index contributed by atoms with van der Waals surface area (Å²) >= 11 is 0. The van der Waals surface area contributed by atoms with E-state index >= 15 is 0 Å². The van der Waals surface area contributed by atoms with Gasteiger partial charge in [0.25, 0.3) is 5.91 Å². The van der Waals surface area contributed by atoms with Gasteiger partial charge in [0.05, 0.1) is 5.56 Å². The summed E-state index contributed by atoms with van der Waals surface area (Å²) in [4.78, 5) is 18.4. The molecule has 1 saturated heterocycles. The molecule has 0 bridgehead atoms. The van der Waals surface area contributed by atoms with Gasteiger partial charge in [-0.05, 0) is 36.6 Å². The summed E-state index contributed by atoms with van der Waals surface area (Å²) in [7, 11) is 0. The van der Waals surface area contributed by atoms with Crippen molar-refractivity contribution >= 4 is 5.91 Å². The summed E-state index contributed by atoms with van der Waals surface area (Å²) in [6, 6.07) is 12.1. The van der Waals surface area contributed by atoms with Crippen LogP contribution in [0.25, 0.3) is 0 Å². The largest absolute Gasteiger partial charge is 0.338 e. The third kappa shape index (κ3) is 2.44. The van der Waals surface area contributed by atoms with E-state index in [0.29, 0.717) is 11.5 Å². The normalized spacial score (nSPS) is 18.2. The van der Waals surface area contributed by atoms with Gasteiger partial charge >= 0.3 is 0 Å². The number of hydrogen-bond donors (Lipinski definition) is 0. The SMILES string of the molecule is Cc1ccccc1C1CCN(C(=O)c2cccnc2)C1. The fourth-order valence-electron chi connectivity index (χ4n) is 2.92. The first-order valence-electron chi connectivity index (χ1n) is 7.00. The molecule has 3 heteroatoms. The number of likely N-dealkylation sites (tertiary alicyclic amines) is 1. The molecule has 1 atom stereocenters. The van der Waals surface area contributed by atoms with Crippen LogP contribution in [0, 0.1) is 6.92 Å². The van der Waals surface area contributed by atoms with Crippen molar-refractivity contribution in [2.75, 3.05) is 13.1 Å². The molecule has 20 heavy (non-hydrogen) atoms. The highest BCUT2D eigenvalue weighted by Gasteiger charge is 2.28. The molecule has 3 nitrogen and oxygen atoms in total. The van der Waals surface area contributed by atoms with E-state index < -0.39 is 0 Å². The molecule has 0 spiro atoms. The number of rotatable bonds is 2. The van der Waals surface area contributed by atoms with Crippen molar-refractivity contribution in [3.05, 3.63) is 65.5 Å². The summed E-state index contributed by atoms with van der Waals surface area (Å²) < 4.78 is 0. The molecule has 1 unspecified atom stereocenters. The number of nitrogens with zero attached hydrogens (tertiary/aromatic N) is 2. The molecule has 0 N–H and O–H groups in total. The van der Waals surface area contributed by atoms with E-state index in [1.54, 1.807) is 12.4 Å². The van der Waals surface area contributed by atoms with Crippen LogP contribution >= 0.6 is 0 Å². The number of carbonyl (C=O) groups is 1. The lowest BCUT2D eigenvalue weighted by atomic mass is 9.94. The standard InChI is InChI=1S/C17H18N2O/c1-13-5-2-3-7-16(13)15-8-10-19(12-15)17(20)14-6-4-9-18-11-14/h2-7,9,11,15H,8,10,12H2,1H3. The van der Waals surface area contributed by atoms with Crippen LogP contribution in [0.2, 0.25) is 0 Å². The molecule has 0 saturated carbocycles. The highest BCUT2D eigenvalue weighted by Crippen LogP contribution is 2.29. The fourth-order valence-corrected chi connectivity index (χ4v) is 2.92. The van der Waals surface area contributed by atoms with Crippen LogP contribution in [0.3, 0.4) is 0 Å². The zero-order valence-electron chi connectivity index (χ0n) is 11.6. The van der Waals surface area contributed by atoms with E-state index in [1.165, 1.54) is 11.1 Å². The van der Waals surface area contributed by atoms with Crippen LogP contribution in [0.4, 0.5) is 0 Å². The maximum Gasteiger partial charge on any atom is 0.255 e. The summed E-state index contributed by atoms with van der Waals surface area (Å²) in [6.07, 6.45) is 4.37. The van der Waals surface area contributed by atoms with Crippen LogP contribution in [0.1, 0.15) is 33.8 Å². The van der Waals surface area contributed by atoms with Gasteiger partial charge in [0.2, 0.25) is 0 Å². The summed E-state index contributed by atoms with van der Waals surface area (Å²) in [5, 5.41) is 0. The molecule has 102 valence electrons. The van der Waals surface area contributed by atoms with Crippen molar-refractivity contribution in [3.63, 3.8) is 0 Å². The molecule has 3 rings (SSSR count). The van der Waals surface area contributed by atoms with Crippen molar-refractivity contribution in [1.29, 1.82) is 0 Å². The smallest absolute Gasteiger partial charge is 0.255 e. The first kappa shape index (κ1) is 12.9. The third-order valence-electron chi connectivity index (χ3n) is 4.01. The highest BCUT2D eigenvalue weighted by atomic mass is 16.2. The first-order chi connectivity index (χ1) is 9.75. The van der Waals surface area contributed by atoms with Gasteiger partial charge in [-0.15, -0.1) is 0 Å². The second kappa shape index (κ2) is 5.45. The van der Waals surface area contributed by atoms with Crippen molar-refractivity contribution in [1.82, 2.24) is 9.88 Å². The molecule has 1 aliphatic heterocycles. The number of amides is 1. The second-order valence-corrected chi connectivity index (χ2v) is 5.34. The Kier molecular flexibility index (Phi) is 3.50. The van der Waals surface area contributed by atoms with Crippen molar-refractivity contribution in [3.8, 4) is 0 Å². The zero-order chi connectivity index (χ0) is 13.9. The predicted octanol–water partition coefficient (Wildman–Crippen LogP) is 3.02. The van der Waals surface area contributed by atoms with Crippen LogP contribution in [-0.4, -0.2) is 28.9 Å². The van der Waals surface area contributed by atoms with E-state index in [2.05, 4.69) is 36.2 Å². The average molecular weight is 266 g/mol. The quantitative estimate of drug-likeness (QED) is 0.837. The highest BCUT2D eigenvalue weighted by molar-refractivity contribution is 5.94. The number of benzene rings is 1. The lowest BCUT2D eigenvalue weighted by Crippen LogP contribution is -2.28. The van der Waals surface area contributed by atoms with E-state index in [9.17, 15) is 4.79 Å². The molecule has 1 amide bonds. The lowest BCUT2D eigenvalue weighted by molar-refractivity contribution is 0.0790. The monoisotopic (exact) mass is 266 g/mol. The van der Waals surface area contributed by atoms with Crippen LogP contribution < -0.4 is 0 Å². The van der Waals surface area contributed by atoms with Gasteiger partial charge in [-0.3, -0.25) is 9.78 Å². The minimum Gasteiger partial charge on any atom is -0.338 e. The van der Waals surface area contributed by atoms with Crippen molar-refractivity contribution < 1.29 is 4.79 Å². The predicted molar refractivity (Wildman–Crippen MR) is 78.7 cm³/mol. The third-order valence-corrected chi connectivity index (χ3v) is 4.01. The molecule has 1 aromatic carbocycles. The number of aromatic nitrogens is 1. The van der Waals surface area contributed by atoms with Crippen LogP contribution in [-0.2, 0) is 0 Å². The van der Waals surface area contributed by atoms with Crippen LogP contribution in [0.5, 0.6) is 0 Å². The lowest BCUT2D eigenvalue weighted by Gasteiger charge is -2.17. The maximum absolute atomic E-state index is 12.4. The Morgan fingerprint density at radius 2 is 2.10 bits per heavy atom. The van der Waals surface area contributed by atoms with Gasteiger partial charge in [0.1, 0.15) is 0 Å². The first-order valence-corrected chi connectivity index (χ1v) is 7.00. The minimum absolute atomic E-state index is 0.0918. The second-order valence-electron chi connectivity index (χ2n) is 5.34. The fraction of sp³-hybridized carbons (Fsp3) is 0.294. The number of pyridine rings is 1. The molecular formula is C17H18N2O. The van der Waals surface area contributed by atoms with Gasteiger partial charge in [0, 0.05) is 31.4 Å². The minimum atomic E-state index is 0.0918. The Labute approximate surface area is 119 Å². The Morgan fingerprint density at radius 3 is 2.85 bits per heavy atom. The average Bonchev–Trinajstić information content (AvgIpc) is 2.97. The van der Waals surface area contributed by atoms with Gasteiger partial charge in [-0.2, -0.15) is 0 Å². The van der Waals surface area contributed by atoms with E-state index in [-0.39, 0.29) is 5.91 Å². The molecule has 2 aromatic rings. The van der Waals surface area contributed by atoms with E-state index in [1.807, 2.05) is 17.0 Å². The van der Waals surface area contributed by atoms with Gasteiger partial charge in [-0.25, -0.2) is 0 Å². The van der Waals surface area contributed by atoms with Crippen LogP contribution in [0.15, 0.2) is 48.8 Å². The molecule has 1 fully saturated rings. The Hall–Kier alpha value is -2.16.